The van der Waals surface area contributed by atoms with Crippen molar-refractivity contribution < 1.29 is 19.0 Å². The van der Waals surface area contributed by atoms with Crippen molar-refractivity contribution in [2.24, 2.45) is 0 Å². The van der Waals surface area contributed by atoms with Crippen molar-refractivity contribution >= 4 is 12.0 Å². The van der Waals surface area contributed by atoms with Crippen LogP contribution < -0.4 is 9.47 Å². The summed E-state index contributed by atoms with van der Waals surface area (Å²) in [6.45, 7) is -0.255. The molecule has 0 bridgehead atoms. The maximum absolute atomic E-state index is 11.1. The van der Waals surface area contributed by atoms with E-state index in [-0.39, 0.29) is 6.61 Å². The first kappa shape index (κ1) is 13.6. The summed E-state index contributed by atoms with van der Waals surface area (Å²) >= 11 is 0. The zero-order chi connectivity index (χ0) is 13.4. The monoisotopic (exact) mass is 247 g/mol. The summed E-state index contributed by atoms with van der Waals surface area (Å²) in [5, 5.41) is 8.24. The standard InChI is InChI=1S/C13H13NO4/c1-16-11-5-3-10(9-12(11)17-2)4-6-13(15)18-8-7-14/h3-6,9H,8H2,1-2H3. The first-order chi connectivity index (χ1) is 8.71. The minimum absolute atomic E-state index is 0.255. The van der Waals surface area contributed by atoms with Crippen LogP contribution in [0, 0.1) is 11.3 Å². The number of carbonyl (C=O) groups is 1. The molecule has 0 aromatic heterocycles. The molecule has 0 aliphatic carbocycles. The van der Waals surface area contributed by atoms with Crippen LogP contribution in [0.15, 0.2) is 24.3 Å². The van der Waals surface area contributed by atoms with Crippen LogP contribution in [0.2, 0.25) is 0 Å². The number of esters is 1. The van der Waals surface area contributed by atoms with E-state index in [9.17, 15) is 4.79 Å². The molecule has 0 unspecified atom stereocenters. The number of rotatable bonds is 5. The fourth-order valence-electron chi connectivity index (χ4n) is 1.27. The highest BCUT2D eigenvalue weighted by atomic mass is 16.5. The third-order valence-electron chi connectivity index (χ3n) is 2.10. The Labute approximate surface area is 105 Å². The van der Waals surface area contributed by atoms with Crippen molar-refractivity contribution in [2.75, 3.05) is 20.8 Å². The number of benzene rings is 1. The Balaban J connectivity index is 2.76. The van der Waals surface area contributed by atoms with Crippen molar-refractivity contribution in [1.82, 2.24) is 0 Å². The van der Waals surface area contributed by atoms with Crippen LogP contribution in [0.25, 0.3) is 6.08 Å². The number of hydrogen-bond donors (Lipinski definition) is 0. The van der Waals surface area contributed by atoms with E-state index in [1.54, 1.807) is 37.5 Å². The molecule has 0 fully saturated rings. The molecule has 94 valence electrons. The van der Waals surface area contributed by atoms with Crippen molar-refractivity contribution in [3.63, 3.8) is 0 Å². The zero-order valence-electron chi connectivity index (χ0n) is 10.2. The molecule has 0 spiro atoms. The molecule has 1 rings (SSSR count). The Morgan fingerprint density at radius 1 is 1.33 bits per heavy atom. The van der Waals surface area contributed by atoms with Gasteiger partial charge in [0.25, 0.3) is 0 Å². The van der Waals surface area contributed by atoms with Gasteiger partial charge in [0.1, 0.15) is 6.07 Å². The molecule has 5 heteroatoms. The molecule has 1 aromatic carbocycles. The van der Waals surface area contributed by atoms with Gasteiger partial charge in [-0.3, -0.25) is 0 Å². The van der Waals surface area contributed by atoms with E-state index < -0.39 is 5.97 Å². The number of methoxy groups -OCH3 is 2. The number of hydrogen-bond acceptors (Lipinski definition) is 5. The molecule has 0 heterocycles. The lowest BCUT2D eigenvalue weighted by Crippen LogP contribution is -1.99. The van der Waals surface area contributed by atoms with Crippen LogP contribution in [0.3, 0.4) is 0 Å². The van der Waals surface area contributed by atoms with Gasteiger partial charge in [-0.15, -0.1) is 0 Å². The lowest BCUT2D eigenvalue weighted by atomic mass is 10.2. The Morgan fingerprint density at radius 2 is 2.06 bits per heavy atom. The summed E-state index contributed by atoms with van der Waals surface area (Å²) in [5.41, 5.74) is 0.765. The molecule has 0 N–H and O–H groups in total. The van der Waals surface area contributed by atoms with Gasteiger partial charge >= 0.3 is 5.97 Å². The highest BCUT2D eigenvalue weighted by Gasteiger charge is 2.03. The second-order valence-corrected chi connectivity index (χ2v) is 3.21. The summed E-state index contributed by atoms with van der Waals surface area (Å²) in [6.07, 6.45) is 2.82. The number of carbonyl (C=O) groups excluding carboxylic acids is 1. The van der Waals surface area contributed by atoms with Crippen molar-refractivity contribution in [1.29, 1.82) is 5.26 Å². The third kappa shape index (κ3) is 3.83. The van der Waals surface area contributed by atoms with Crippen molar-refractivity contribution in [3.05, 3.63) is 29.8 Å². The Kier molecular flexibility index (Phi) is 5.26. The van der Waals surface area contributed by atoms with Crippen LogP contribution in [0.4, 0.5) is 0 Å². The van der Waals surface area contributed by atoms with Gasteiger partial charge in [-0.25, -0.2) is 4.79 Å². The molecule has 0 radical (unpaired) electrons. The molecule has 0 atom stereocenters. The summed E-state index contributed by atoms with van der Waals surface area (Å²) in [4.78, 5) is 11.1. The highest BCUT2D eigenvalue weighted by Crippen LogP contribution is 2.27. The van der Waals surface area contributed by atoms with E-state index in [1.807, 2.05) is 0 Å². The smallest absolute Gasteiger partial charge is 0.331 e. The van der Waals surface area contributed by atoms with E-state index in [0.29, 0.717) is 11.5 Å². The third-order valence-corrected chi connectivity index (χ3v) is 2.10. The molecule has 0 saturated carbocycles. The van der Waals surface area contributed by atoms with Crippen molar-refractivity contribution in [3.8, 4) is 17.6 Å². The summed E-state index contributed by atoms with van der Waals surface area (Å²) in [7, 11) is 3.08. The summed E-state index contributed by atoms with van der Waals surface area (Å²) < 4.78 is 14.8. The van der Waals surface area contributed by atoms with Gasteiger partial charge in [0.15, 0.2) is 18.1 Å². The number of nitriles is 1. The minimum Gasteiger partial charge on any atom is -0.493 e. The zero-order valence-corrected chi connectivity index (χ0v) is 10.2. The average molecular weight is 247 g/mol. The van der Waals surface area contributed by atoms with Gasteiger partial charge in [-0.2, -0.15) is 5.26 Å². The van der Waals surface area contributed by atoms with E-state index in [4.69, 9.17) is 14.7 Å². The molecule has 0 aliphatic heterocycles. The normalized spacial score (nSPS) is 9.83. The van der Waals surface area contributed by atoms with Gasteiger partial charge in [0, 0.05) is 6.08 Å². The fourth-order valence-corrected chi connectivity index (χ4v) is 1.27. The first-order valence-corrected chi connectivity index (χ1v) is 5.15. The summed E-state index contributed by atoms with van der Waals surface area (Å²) in [6, 6.07) is 6.95. The second-order valence-electron chi connectivity index (χ2n) is 3.21. The lowest BCUT2D eigenvalue weighted by Gasteiger charge is -2.07. The predicted molar refractivity (Wildman–Crippen MR) is 65.2 cm³/mol. The maximum Gasteiger partial charge on any atom is 0.331 e. The SMILES string of the molecule is COc1ccc(C=CC(=O)OCC#N)cc1OC. The highest BCUT2D eigenvalue weighted by molar-refractivity contribution is 5.87. The van der Waals surface area contributed by atoms with Gasteiger partial charge in [0.05, 0.1) is 14.2 Å². The van der Waals surface area contributed by atoms with Crippen LogP contribution in [-0.2, 0) is 9.53 Å². The Hall–Kier alpha value is -2.48. The van der Waals surface area contributed by atoms with Crippen LogP contribution in [0.5, 0.6) is 11.5 Å². The fraction of sp³-hybridized carbons (Fsp3) is 0.231. The molecule has 1 aromatic rings. The molecule has 5 nitrogen and oxygen atoms in total. The van der Waals surface area contributed by atoms with E-state index in [0.717, 1.165) is 5.56 Å². The van der Waals surface area contributed by atoms with E-state index in [2.05, 4.69) is 4.74 Å². The molecular weight excluding hydrogens is 234 g/mol. The summed E-state index contributed by atoms with van der Waals surface area (Å²) in [5.74, 6) is 0.623. The number of nitrogens with zero attached hydrogens (tertiary/aromatic N) is 1. The van der Waals surface area contributed by atoms with E-state index in [1.165, 1.54) is 13.2 Å². The van der Waals surface area contributed by atoms with Gasteiger partial charge in [-0.05, 0) is 23.8 Å². The van der Waals surface area contributed by atoms with Gasteiger partial charge in [-0.1, -0.05) is 6.07 Å². The molecule has 18 heavy (non-hydrogen) atoms. The lowest BCUT2D eigenvalue weighted by molar-refractivity contribution is -0.136. The topological polar surface area (TPSA) is 68.5 Å². The van der Waals surface area contributed by atoms with Crippen LogP contribution in [0.1, 0.15) is 5.56 Å². The minimum atomic E-state index is -0.564. The molecule has 0 amide bonds. The molecule has 0 saturated heterocycles. The number of ether oxygens (including phenoxy) is 3. The van der Waals surface area contributed by atoms with Crippen molar-refractivity contribution in [2.45, 2.75) is 0 Å². The molecular formula is C13H13NO4. The van der Waals surface area contributed by atoms with Gasteiger partial charge in [0.2, 0.25) is 0 Å². The predicted octanol–water partition coefficient (Wildman–Crippen LogP) is 1.78. The quantitative estimate of drug-likeness (QED) is 0.586. The largest absolute Gasteiger partial charge is 0.493 e. The molecule has 0 aliphatic rings. The Morgan fingerprint density at radius 3 is 2.67 bits per heavy atom. The van der Waals surface area contributed by atoms with Crippen LogP contribution >= 0.6 is 0 Å². The van der Waals surface area contributed by atoms with E-state index >= 15 is 0 Å². The first-order valence-electron chi connectivity index (χ1n) is 5.15. The van der Waals surface area contributed by atoms with Crippen LogP contribution in [-0.4, -0.2) is 26.8 Å². The average Bonchev–Trinajstić information content (AvgIpc) is 2.42. The van der Waals surface area contributed by atoms with Gasteiger partial charge < -0.3 is 14.2 Å². The second kappa shape index (κ2) is 6.97. The Bertz CT molecular complexity index is 488. The maximum atomic E-state index is 11.1.